The Bertz CT molecular complexity index is 749. The number of carbonyl (C=O) groups excluding carboxylic acids is 1. The first-order valence-electron chi connectivity index (χ1n) is 7.60. The lowest BCUT2D eigenvalue weighted by molar-refractivity contribution is -0.137. The molecule has 0 aromatic heterocycles. The summed E-state index contributed by atoms with van der Waals surface area (Å²) in [7, 11) is 1.72. The topological polar surface area (TPSA) is 32.3 Å². The highest BCUT2D eigenvalue weighted by Gasteiger charge is 2.34. The highest BCUT2D eigenvalue weighted by molar-refractivity contribution is 6.30. The van der Waals surface area contributed by atoms with Gasteiger partial charge in [0.05, 0.1) is 17.3 Å². The second-order valence-electron chi connectivity index (χ2n) is 5.75. The second-order valence-corrected chi connectivity index (χ2v) is 6.19. The third-order valence-corrected chi connectivity index (χ3v) is 4.09. The normalized spacial score (nSPS) is 12.9. The van der Waals surface area contributed by atoms with Crippen LogP contribution in [0.25, 0.3) is 0 Å². The summed E-state index contributed by atoms with van der Waals surface area (Å²) in [6.45, 7) is 2.08. The molecule has 0 unspecified atom stereocenters. The predicted molar refractivity (Wildman–Crippen MR) is 92.5 cm³/mol. The van der Waals surface area contributed by atoms with Crippen molar-refractivity contribution in [2.24, 2.45) is 0 Å². The average molecular weight is 371 g/mol. The van der Waals surface area contributed by atoms with E-state index < -0.39 is 23.7 Å². The van der Waals surface area contributed by atoms with Gasteiger partial charge in [0.15, 0.2) is 0 Å². The molecule has 0 saturated heterocycles. The number of nitrogens with one attached hydrogen (secondary N) is 1. The summed E-state index contributed by atoms with van der Waals surface area (Å²) in [5.74, 6) is -0.513. The van der Waals surface area contributed by atoms with E-state index in [9.17, 15) is 18.0 Å². The lowest BCUT2D eigenvalue weighted by Gasteiger charge is -2.24. The average Bonchev–Trinajstić information content (AvgIpc) is 2.53. The number of nitrogens with zero attached hydrogens (tertiary/aromatic N) is 1. The number of hydrogen-bond acceptors (Lipinski definition) is 2. The van der Waals surface area contributed by atoms with Crippen LogP contribution in [0.2, 0.25) is 5.02 Å². The van der Waals surface area contributed by atoms with Crippen LogP contribution < -0.4 is 5.32 Å². The van der Waals surface area contributed by atoms with Crippen LogP contribution in [0, 0.1) is 0 Å². The summed E-state index contributed by atoms with van der Waals surface area (Å²) in [6, 6.07) is 11.5. The molecular formula is C18H18ClF3N2O. The molecule has 0 heterocycles. The molecule has 0 aliphatic rings. The number of para-hydroxylation sites is 1. The zero-order chi connectivity index (χ0) is 18.6. The van der Waals surface area contributed by atoms with Gasteiger partial charge in [0.1, 0.15) is 0 Å². The third-order valence-electron chi connectivity index (χ3n) is 3.85. The van der Waals surface area contributed by atoms with Crippen LogP contribution >= 0.6 is 11.6 Å². The molecule has 1 N–H and O–H groups in total. The zero-order valence-electron chi connectivity index (χ0n) is 13.8. The summed E-state index contributed by atoms with van der Waals surface area (Å²) in [6.07, 6.45) is -4.53. The van der Waals surface area contributed by atoms with Crippen molar-refractivity contribution in [3.05, 3.63) is 64.7 Å². The van der Waals surface area contributed by atoms with E-state index >= 15 is 0 Å². The lowest BCUT2D eigenvalue weighted by Crippen LogP contribution is -2.39. The summed E-state index contributed by atoms with van der Waals surface area (Å²) >= 11 is 5.93. The van der Waals surface area contributed by atoms with Gasteiger partial charge in [-0.2, -0.15) is 13.2 Å². The highest BCUT2D eigenvalue weighted by Crippen LogP contribution is 2.34. The van der Waals surface area contributed by atoms with Crippen molar-refractivity contribution in [2.75, 3.05) is 12.4 Å². The van der Waals surface area contributed by atoms with Crippen molar-refractivity contribution in [1.29, 1.82) is 0 Å². The van der Waals surface area contributed by atoms with Crippen molar-refractivity contribution in [3.63, 3.8) is 0 Å². The van der Waals surface area contributed by atoms with Gasteiger partial charge in [0.2, 0.25) is 5.91 Å². The van der Waals surface area contributed by atoms with E-state index in [4.69, 9.17) is 11.6 Å². The molecule has 2 rings (SSSR count). The van der Waals surface area contributed by atoms with Crippen LogP contribution in [0.5, 0.6) is 0 Å². The summed E-state index contributed by atoms with van der Waals surface area (Å²) in [4.78, 5) is 14.1. The number of carbonyl (C=O) groups is 1. The molecule has 2 aromatic carbocycles. The van der Waals surface area contributed by atoms with Crippen molar-refractivity contribution < 1.29 is 18.0 Å². The molecule has 7 heteroatoms. The van der Waals surface area contributed by atoms with E-state index in [1.165, 1.54) is 18.2 Å². The Kier molecular flexibility index (Phi) is 6.08. The Morgan fingerprint density at radius 3 is 2.52 bits per heavy atom. The number of amides is 1. The number of anilines is 1. The van der Waals surface area contributed by atoms with Gasteiger partial charge in [-0.05, 0) is 43.8 Å². The fourth-order valence-electron chi connectivity index (χ4n) is 2.34. The van der Waals surface area contributed by atoms with Gasteiger partial charge in [0.25, 0.3) is 0 Å². The van der Waals surface area contributed by atoms with E-state index in [1.807, 2.05) is 6.07 Å². The molecule has 134 valence electrons. The third kappa shape index (κ3) is 5.21. The van der Waals surface area contributed by atoms with Gasteiger partial charge < -0.3 is 5.32 Å². The second kappa shape index (κ2) is 7.89. The first-order valence-corrected chi connectivity index (χ1v) is 7.98. The summed E-state index contributed by atoms with van der Waals surface area (Å²) in [5.41, 5.74) is -0.207. The van der Waals surface area contributed by atoms with Crippen molar-refractivity contribution in [1.82, 2.24) is 4.90 Å². The van der Waals surface area contributed by atoms with E-state index in [0.717, 1.165) is 11.6 Å². The first-order chi connectivity index (χ1) is 11.7. The maximum atomic E-state index is 13.0. The number of halogens is 4. The van der Waals surface area contributed by atoms with Gasteiger partial charge in [0, 0.05) is 11.6 Å². The van der Waals surface area contributed by atoms with Gasteiger partial charge >= 0.3 is 6.18 Å². The van der Waals surface area contributed by atoms with Gasteiger partial charge in [-0.15, -0.1) is 0 Å². The molecule has 0 saturated carbocycles. The molecule has 25 heavy (non-hydrogen) atoms. The van der Waals surface area contributed by atoms with Crippen molar-refractivity contribution >= 4 is 23.2 Å². The molecule has 2 aromatic rings. The minimum atomic E-state index is -4.53. The number of alkyl halides is 3. The number of hydrogen-bond donors (Lipinski definition) is 1. The van der Waals surface area contributed by atoms with Crippen LogP contribution in [0.15, 0.2) is 48.5 Å². The van der Waals surface area contributed by atoms with Crippen molar-refractivity contribution in [3.8, 4) is 0 Å². The Balaban J connectivity index is 2.08. The van der Waals surface area contributed by atoms with Gasteiger partial charge in [-0.1, -0.05) is 35.9 Å². The molecule has 0 radical (unpaired) electrons. The van der Waals surface area contributed by atoms with Crippen molar-refractivity contribution in [2.45, 2.75) is 25.7 Å². The highest BCUT2D eigenvalue weighted by atomic mass is 35.5. The quantitative estimate of drug-likeness (QED) is 0.818. The first kappa shape index (κ1) is 19.3. The largest absolute Gasteiger partial charge is 0.418 e. The Labute approximate surface area is 149 Å². The Hall–Kier alpha value is -2.05. The lowest BCUT2D eigenvalue weighted by atomic mass is 10.1. The van der Waals surface area contributed by atoms with E-state index in [-0.39, 0.29) is 5.69 Å². The van der Waals surface area contributed by atoms with Gasteiger partial charge in [-0.25, -0.2) is 0 Å². The number of likely N-dealkylation sites (N-methyl/N-ethyl adjacent to an activating group) is 1. The number of benzene rings is 2. The number of rotatable bonds is 5. The van der Waals surface area contributed by atoms with Gasteiger partial charge in [-0.3, -0.25) is 9.69 Å². The summed E-state index contributed by atoms with van der Waals surface area (Å²) < 4.78 is 39.0. The monoisotopic (exact) mass is 370 g/mol. The van der Waals surface area contributed by atoms with Crippen LogP contribution in [0.3, 0.4) is 0 Å². The molecule has 3 nitrogen and oxygen atoms in total. The smallest absolute Gasteiger partial charge is 0.324 e. The SMILES string of the molecule is C[C@H](C(=O)Nc1ccccc1C(F)(F)F)N(C)Cc1cccc(Cl)c1. The Morgan fingerprint density at radius 1 is 1.20 bits per heavy atom. The zero-order valence-corrected chi connectivity index (χ0v) is 14.5. The molecule has 0 bridgehead atoms. The van der Waals surface area contributed by atoms with Crippen LogP contribution in [-0.2, 0) is 17.5 Å². The maximum absolute atomic E-state index is 13.0. The molecular weight excluding hydrogens is 353 g/mol. The molecule has 0 aliphatic carbocycles. The fourth-order valence-corrected chi connectivity index (χ4v) is 2.55. The van der Waals surface area contributed by atoms with Crippen LogP contribution in [0.4, 0.5) is 18.9 Å². The molecule has 0 aliphatic heterocycles. The predicted octanol–water partition coefficient (Wildman–Crippen LogP) is 4.82. The van der Waals surface area contributed by atoms with Crippen LogP contribution in [-0.4, -0.2) is 23.9 Å². The minimum Gasteiger partial charge on any atom is -0.324 e. The van der Waals surface area contributed by atoms with E-state index in [1.54, 1.807) is 37.1 Å². The summed E-state index contributed by atoms with van der Waals surface area (Å²) in [5, 5.41) is 2.95. The van der Waals surface area contributed by atoms with E-state index in [2.05, 4.69) is 5.32 Å². The standard InChI is InChI=1S/C18H18ClF3N2O/c1-12(24(2)11-13-6-5-7-14(19)10-13)17(25)23-16-9-4-3-8-15(16)18(20,21)22/h3-10,12H,11H2,1-2H3,(H,23,25)/t12-/m1/s1. The molecule has 1 atom stereocenters. The molecule has 0 fully saturated rings. The van der Waals surface area contributed by atoms with E-state index in [0.29, 0.717) is 11.6 Å². The molecule has 1 amide bonds. The Morgan fingerprint density at radius 2 is 1.88 bits per heavy atom. The maximum Gasteiger partial charge on any atom is 0.418 e. The minimum absolute atomic E-state index is 0.247. The van der Waals surface area contributed by atoms with Crippen LogP contribution in [0.1, 0.15) is 18.1 Å². The fraction of sp³-hybridized carbons (Fsp3) is 0.278. The molecule has 0 spiro atoms.